The van der Waals surface area contributed by atoms with Crippen LogP contribution in [0.2, 0.25) is 0 Å². The van der Waals surface area contributed by atoms with Gasteiger partial charge in [0.1, 0.15) is 11.6 Å². The monoisotopic (exact) mass is 328 g/mol. The first-order chi connectivity index (χ1) is 11.4. The smallest absolute Gasteiger partial charge is 0.326 e. The summed E-state index contributed by atoms with van der Waals surface area (Å²) in [5, 5.41) is 9.36. The van der Waals surface area contributed by atoms with Crippen LogP contribution in [0.4, 0.5) is 0 Å². The van der Waals surface area contributed by atoms with E-state index < -0.39 is 17.9 Å². The molecule has 2 aromatic rings. The number of benzene rings is 1. The second-order valence-electron chi connectivity index (χ2n) is 5.44. The maximum absolute atomic E-state index is 12.9. The summed E-state index contributed by atoms with van der Waals surface area (Å²) in [4.78, 5) is 29.9. The summed E-state index contributed by atoms with van der Waals surface area (Å²) in [5.41, 5.74) is 1.80. The van der Waals surface area contributed by atoms with Crippen LogP contribution in [0.25, 0.3) is 0 Å². The highest BCUT2D eigenvalue weighted by Gasteiger charge is 2.29. The second-order valence-corrected chi connectivity index (χ2v) is 5.44. The Balaban J connectivity index is 2.39. The van der Waals surface area contributed by atoms with E-state index in [0.29, 0.717) is 5.69 Å². The van der Waals surface area contributed by atoms with E-state index in [1.54, 1.807) is 19.1 Å². The van der Waals surface area contributed by atoms with Crippen LogP contribution >= 0.6 is 0 Å². The molecule has 6 heteroatoms. The number of aryl methyl sites for hydroxylation is 1. The Kier molecular flexibility index (Phi) is 5.52. The van der Waals surface area contributed by atoms with E-state index in [-0.39, 0.29) is 18.0 Å². The molecule has 126 valence electrons. The van der Waals surface area contributed by atoms with Crippen molar-refractivity contribution in [3.8, 4) is 5.88 Å². The zero-order valence-corrected chi connectivity index (χ0v) is 13.9. The van der Waals surface area contributed by atoms with Gasteiger partial charge in [0.15, 0.2) is 0 Å². The van der Waals surface area contributed by atoms with Crippen molar-refractivity contribution in [1.29, 1.82) is 0 Å². The summed E-state index contributed by atoms with van der Waals surface area (Å²) in [5.74, 6) is -1.31. The van der Waals surface area contributed by atoms with Crippen molar-refractivity contribution in [2.45, 2.75) is 26.4 Å². The third kappa shape index (κ3) is 3.90. The van der Waals surface area contributed by atoms with Gasteiger partial charge in [-0.3, -0.25) is 4.79 Å². The van der Waals surface area contributed by atoms with Gasteiger partial charge in [-0.25, -0.2) is 9.78 Å². The second kappa shape index (κ2) is 7.59. The van der Waals surface area contributed by atoms with Gasteiger partial charge in [0.2, 0.25) is 5.88 Å². The Bertz CT molecular complexity index is 731. The predicted molar refractivity (Wildman–Crippen MR) is 88.9 cm³/mol. The lowest BCUT2D eigenvalue weighted by Crippen LogP contribution is -2.42. The highest BCUT2D eigenvalue weighted by molar-refractivity contribution is 5.98. The molecular weight excluding hydrogens is 308 g/mol. The molecule has 1 aromatic carbocycles. The fraction of sp³-hybridized carbons (Fsp3) is 0.278. The molecular formula is C18H20N2O4. The van der Waals surface area contributed by atoms with Crippen molar-refractivity contribution >= 4 is 11.9 Å². The number of methoxy groups -OCH3 is 1. The van der Waals surface area contributed by atoms with Crippen LogP contribution in [-0.2, 0) is 11.3 Å². The zero-order chi connectivity index (χ0) is 17.7. The minimum atomic E-state index is -1.07. The third-order valence-electron chi connectivity index (χ3n) is 3.70. The molecule has 1 unspecified atom stereocenters. The van der Waals surface area contributed by atoms with Gasteiger partial charge < -0.3 is 14.7 Å². The molecule has 24 heavy (non-hydrogen) atoms. The quantitative estimate of drug-likeness (QED) is 0.881. The first-order valence-electron chi connectivity index (χ1n) is 7.53. The molecule has 1 N–H and O–H groups in total. The van der Waals surface area contributed by atoms with E-state index in [2.05, 4.69) is 4.98 Å². The molecule has 1 heterocycles. The lowest BCUT2D eigenvalue weighted by atomic mass is 10.1. The Morgan fingerprint density at radius 1 is 1.21 bits per heavy atom. The number of pyridine rings is 1. The predicted octanol–water partition coefficient (Wildman–Crippen LogP) is 2.51. The van der Waals surface area contributed by atoms with Gasteiger partial charge in [0, 0.05) is 12.2 Å². The summed E-state index contributed by atoms with van der Waals surface area (Å²) >= 11 is 0. The molecule has 0 radical (unpaired) electrons. The number of aliphatic carboxylic acids is 1. The first kappa shape index (κ1) is 17.5. The van der Waals surface area contributed by atoms with Crippen molar-refractivity contribution in [2.24, 2.45) is 0 Å². The highest BCUT2D eigenvalue weighted by atomic mass is 16.5. The van der Waals surface area contributed by atoms with E-state index >= 15 is 0 Å². The Morgan fingerprint density at radius 2 is 1.88 bits per heavy atom. The van der Waals surface area contributed by atoms with Crippen LogP contribution in [0, 0.1) is 6.92 Å². The molecule has 0 spiro atoms. The van der Waals surface area contributed by atoms with Gasteiger partial charge in [0.05, 0.1) is 7.11 Å². The maximum atomic E-state index is 12.9. The number of carbonyl (C=O) groups is 2. The van der Waals surface area contributed by atoms with Gasteiger partial charge in [-0.05, 0) is 31.5 Å². The third-order valence-corrected chi connectivity index (χ3v) is 3.70. The van der Waals surface area contributed by atoms with E-state index in [9.17, 15) is 14.7 Å². The summed E-state index contributed by atoms with van der Waals surface area (Å²) in [7, 11) is 1.43. The first-order valence-corrected chi connectivity index (χ1v) is 7.53. The summed E-state index contributed by atoms with van der Waals surface area (Å²) in [6.07, 6.45) is 0. The lowest BCUT2D eigenvalue weighted by molar-refractivity contribution is -0.141. The van der Waals surface area contributed by atoms with Crippen LogP contribution in [-0.4, -0.2) is 40.0 Å². The number of rotatable bonds is 6. The Morgan fingerprint density at radius 3 is 2.46 bits per heavy atom. The minimum absolute atomic E-state index is 0.185. The van der Waals surface area contributed by atoms with Crippen LogP contribution in [0.3, 0.4) is 0 Å². The molecule has 0 bridgehead atoms. The normalized spacial score (nSPS) is 11.6. The molecule has 6 nitrogen and oxygen atoms in total. The summed E-state index contributed by atoms with van der Waals surface area (Å²) in [6.45, 7) is 3.46. The molecule has 1 amide bonds. The minimum Gasteiger partial charge on any atom is -0.480 e. The Labute approximate surface area is 140 Å². The SMILES string of the molecule is COc1nc(C)ccc1C(=O)N(Cc1ccccc1)C(C)C(=O)O. The van der Waals surface area contributed by atoms with Crippen LogP contribution < -0.4 is 4.74 Å². The van der Waals surface area contributed by atoms with E-state index in [4.69, 9.17) is 4.74 Å². The topological polar surface area (TPSA) is 79.7 Å². The van der Waals surface area contributed by atoms with Crippen LogP contribution in [0.5, 0.6) is 5.88 Å². The molecule has 0 aliphatic heterocycles. The number of nitrogens with zero attached hydrogens (tertiary/aromatic N) is 2. The molecule has 0 saturated carbocycles. The van der Waals surface area contributed by atoms with Crippen LogP contribution in [0.15, 0.2) is 42.5 Å². The number of amides is 1. The maximum Gasteiger partial charge on any atom is 0.326 e. The van der Waals surface area contributed by atoms with Gasteiger partial charge in [0.25, 0.3) is 5.91 Å². The average molecular weight is 328 g/mol. The highest BCUT2D eigenvalue weighted by Crippen LogP contribution is 2.21. The molecule has 1 atom stereocenters. The van der Waals surface area contributed by atoms with E-state index in [1.807, 2.05) is 30.3 Å². The largest absolute Gasteiger partial charge is 0.480 e. The van der Waals surface area contributed by atoms with Crippen molar-refractivity contribution in [3.63, 3.8) is 0 Å². The number of hydrogen-bond acceptors (Lipinski definition) is 4. The van der Waals surface area contributed by atoms with Gasteiger partial charge >= 0.3 is 5.97 Å². The number of hydrogen-bond donors (Lipinski definition) is 1. The number of ether oxygens (including phenoxy) is 1. The van der Waals surface area contributed by atoms with Gasteiger partial charge in [-0.15, -0.1) is 0 Å². The van der Waals surface area contributed by atoms with E-state index in [1.165, 1.54) is 18.9 Å². The van der Waals surface area contributed by atoms with Crippen molar-refractivity contribution in [1.82, 2.24) is 9.88 Å². The molecule has 0 aliphatic carbocycles. The fourth-order valence-corrected chi connectivity index (χ4v) is 2.30. The van der Waals surface area contributed by atoms with Gasteiger partial charge in [-0.1, -0.05) is 30.3 Å². The lowest BCUT2D eigenvalue weighted by Gasteiger charge is -2.27. The standard InChI is InChI=1S/C18H20N2O4/c1-12-9-10-15(16(19-12)24-3)17(21)20(13(2)18(22)23)11-14-7-5-4-6-8-14/h4-10,13H,11H2,1-3H3,(H,22,23). The number of carbonyl (C=O) groups excluding carboxylic acids is 1. The number of carboxylic acid groups (broad SMARTS) is 1. The average Bonchev–Trinajstić information content (AvgIpc) is 2.59. The molecule has 1 aromatic heterocycles. The van der Waals surface area contributed by atoms with Gasteiger partial charge in [-0.2, -0.15) is 0 Å². The summed E-state index contributed by atoms with van der Waals surface area (Å²) < 4.78 is 5.18. The number of aromatic nitrogens is 1. The van der Waals surface area contributed by atoms with Crippen molar-refractivity contribution < 1.29 is 19.4 Å². The van der Waals surface area contributed by atoms with Crippen molar-refractivity contribution in [2.75, 3.05) is 7.11 Å². The molecule has 0 fully saturated rings. The van der Waals surface area contributed by atoms with Crippen molar-refractivity contribution in [3.05, 3.63) is 59.3 Å². The van der Waals surface area contributed by atoms with Crippen LogP contribution in [0.1, 0.15) is 28.5 Å². The number of carboxylic acids is 1. The zero-order valence-electron chi connectivity index (χ0n) is 13.9. The molecule has 0 aliphatic rings. The fourth-order valence-electron chi connectivity index (χ4n) is 2.30. The molecule has 0 saturated heterocycles. The Hall–Kier alpha value is -2.89. The summed E-state index contributed by atoms with van der Waals surface area (Å²) in [6, 6.07) is 11.6. The molecule has 2 rings (SSSR count). The van der Waals surface area contributed by atoms with E-state index in [0.717, 1.165) is 5.56 Å².